The van der Waals surface area contributed by atoms with Gasteiger partial charge in [0, 0.05) is 50.4 Å². The third kappa shape index (κ3) is 6.07. The van der Waals surface area contributed by atoms with Gasteiger partial charge in [0.25, 0.3) is 5.91 Å². The van der Waals surface area contributed by atoms with E-state index < -0.39 is 0 Å². The maximum absolute atomic E-state index is 14.7. The fourth-order valence-corrected chi connectivity index (χ4v) is 6.88. The summed E-state index contributed by atoms with van der Waals surface area (Å²) in [5.74, 6) is 1.06. The molecule has 0 spiro atoms. The summed E-state index contributed by atoms with van der Waals surface area (Å²) in [5.41, 5.74) is 5.20. The van der Waals surface area contributed by atoms with Crippen molar-refractivity contribution in [2.75, 3.05) is 38.2 Å². The van der Waals surface area contributed by atoms with Crippen molar-refractivity contribution in [1.29, 1.82) is 0 Å². The van der Waals surface area contributed by atoms with Gasteiger partial charge in [0.1, 0.15) is 5.75 Å². The lowest BCUT2D eigenvalue weighted by atomic mass is 9.86. The number of methoxy groups -OCH3 is 1. The van der Waals surface area contributed by atoms with Crippen molar-refractivity contribution in [3.63, 3.8) is 0 Å². The Morgan fingerprint density at radius 3 is 2.17 bits per heavy atom. The van der Waals surface area contributed by atoms with Gasteiger partial charge >= 0.3 is 0 Å². The minimum atomic E-state index is 0.128. The van der Waals surface area contributed by atoms with Crippen LogP contribution in [0.25, 0.3) is 11.1 Å². The molecular weight excluding hydrogens is 518 g/mol. The van der Waals surface area contributed by atoms with Crippen molar-refractivity contribution in [3.05, 3.63) is 120 Å². The quantitative estimate of drug-likeness (QED) is 0.230. The molecule has 42 heavy (non-hydrogen) atoms. The number of hydrogen-bond acceptors (Lipinski definition) is 4. The molecule has 5 heteroatoms. The van der Waals surface area contributed by atoms with Crippen LogP contribution < -0.4 is 9.64 Å². The smallest absolute Gasteiger partial charge is 0.255 e. The lowest BCUT2D eigenvalue weighted by Gasteiger charge is -2.48. The predicted molar refractivity (Wildman–Crippen MR) is 171 cm³/mol. The van der Waals surface area contributed by atoms with E-state index in [1.165, 1.54) is 17.7 Å². The minimum absolute atomic E-state index is 0.128. The number of ether oxygens (including phenoxy) is 1. The molecule has 2 aliphatic rings. The number of hydrogen-bond donors (Lipinski definition) is 0. The zero-order valence-electron chi connectivity index (χ0n) is 24.6. The molecule has 0 aromatic heterocycles. The first kappa shape index (κ1) is 28.0. The molecule has 1 heterocycles. The number of benzene rings is 4. The van der Waals surface area contributed by atoms with Gasteiger partial charge in [-0.3, -0.25) is 9.69 Å². The van der Waals surface area contributed by atoms with E-state index in [9.17, 15) is 4.79 Å². The largest absolute Gasteiger partial charge is 0.495 e. The highest BCUT2D eigenvalue weighted by atomic mass is 16.5. The second-order valence-corrected chi connectivity index (χ2v) is 11.4. The predicted octanol–water partition coefficient (Wildman–Crippen LogP) is 7.14. The topological polar surface area (TPSA) is 36.0 Å². The van der Waals surface area contributed by atoms with Crippen LogP contribution in [0.3, 0.4) is 0 Å². The van der Waals surface area contributed by atoms with E-state index >= 15 is 0 Å². The molecule has 2 atom stereocenters. The molecule has 0 radical (unpaired) electrons. The van der Waals surface area contributed by atoms with Gasteiger partial charge in [-0.25, -0.2) is 0 Å². The standard InChI is InChI=1S/C37H41N3O2/c1-42-36-23-13-12-22-35(36)39-26-24-38(25-27-39)33-20-10-11-21-34(33)40(28-29-14-4-2-5-15-29)37(41)32-19-9-8-18-31(32)30-16-6-3-7-17-30/h2-9,12-19,22-23,33-34H,10-11,20-21,24-28H2,1H3. The van der Waals surface area contributed by atoms with E-state index in [0.717, 1.165) is 67.9 Å². The molecule has 1 aliphatic carbocycles. The van der Waals surface area contributed by atoms with Crippen LogP contribution in [0.4, 0.5) is 5.69 Å². The molecule has 1 amide bonds. The molecule has 5 nitrogen and oxygen atoms in total. The normalized spacial score (nSPS) is 19.3. The highest BCUT2D eigenvalue weighted by Crippen LogP contribution is 2.34. The summed E-state index contributed by atoms with van der Waals surface area (Å²) in [6.07, 6.45) is 4.52. The Balaban J connectivity index is 1.28. The average molecular weight is 560 g/mol. The second-order valence-electron chi connectivity index (χ2n) is 11.4. The van der Waals surface area contributed by atoms with Gasteiger partial charge in [-0.1, -0.05) is 104 Å². The van der Waals surface area contributed by atoms with E-state index in [0.29, 0.717) is 12.6 Å². The van der Waals surface area contributed by atoms with Gasteiger partial charge in [0.05, 0.1) is 12.8 Å². The number of amides is 1. The average Bonchev–Trinajstić information content (AvgIpc) is 3.08. The van der Waals surface area contributed by atoms with E-state index in [2.05, 4.69) is 69.3 Å². The molecule has 0 N–H and O–H groups in total. The molecule has 2 fully saturated rings. The van der Waals surface area contributed by atoms with E-state index in [1.807, 2.05) is 54.6 Å². The van der Waals surface area contributed by atoms with E-state index in [4.69, 9.17) is 4.74 Å². The molecule has 4 aromatic carbocycles. The Kier molecular flexibility index (Phi) is 8.86. The summed E-state index contributed by atoms with van der Waals surface area (Å²) in [6, 6.07) is 37.7. The summed E-state index contributed by atoms with van der Waals surface area (Å²) >= 11 is 0. The fraction of sp³-hybridized carbons (Fsp3) is 0.324. The summed E-state index contributed by atoms with van der Waals surface area (Å²) < 4.78 is 5.66. The molecular formula is C37H41N3O2. The molecule has 1 aliphatic heterocycles. The van der Waals surface area contributed by atoms with Gasteiger partial charge in [-0.05, 0) is 47.7 Å². The Hall–Kier alpha value is -4.09. The van der Waals surface area contributed by atoms with Gasteiger partial charge < -0.3 is 14.5 Å². The van der Waals surface area contributed by atoms with Crippen LogP contribution in [-0.2, 0) is 6.54 Å². The lowest BCUT2D eigenvalue weighted by molar-refractivity contribution is 0.0309. The second kappa shape index (κ2) is 13.3. The van der Waals surface area contributed by atoms with Crippen molar-refractivity contribution < 1.29 is 9.53 Å². The number of para-hydroxylation sites is 2. The molecule has 2 unspecified atom stereocenters. The van der Waals surface area contributed by atoms with Gasteiger partial charge in [0.2, 0.25) is 0 Å². The van der Waals surface area contributed by atoms with Crippen LogP contribution in [0.5, 0.6) is 5.75 Å². The van der Waals surface area contributed by atoms with Crippen LogP contribution in [-0.4, -0.2) is 61.1 Å². The van der Waals surface area contributed by atoms with Crippen LogP contribution in [0.15, 0.2) is 109 Å². The first-order valence-corrected chi connectivity index (χ1v) is 15.3. The minimum Gasteiger partial charge on any atom is -0.495 e. The van der Waals surface area contributed by atoms with Crippen molar-refractivity contribution in [3.8, 4) is 16.9 Å². The molecule has 4 aromatic rings. The molecule has 1 saturated heterocycles. The fourth-order valence-electron chi connectivity index (χ4n) is 6.88. The Morgan fingerprint density at radius 1 is 0.762 bits per heavy atom. The van der Waals surface area contributed by atoms with E-state index in [1.54, 1.807) is 7.11 Å². The third-order valence-corrected chi connectivity index (χ3v) is 9.00. The number of carbonyl (C=O) groups excluding carboxylic acids is 1. The summed E-state index contributed by atoms with van der Waals surface area (Å²) in [5, 5.41) is 0. The van der Waals surface area contributed by atoms with Crippen LogP contribution >= 0.6 is 0 Å². The number of nitrogens with zero attached hydrogens (tertiary/aromatic N) is 3. The number of anilines is 1. The van der Waals surface area contributed by atoms with Gasteiger partial charge in [0.15, 0.2) is 0 Å². The first-order chi connectivity index (χ1) is 20.7. The molecule has 6 rings (SSSR count). The third-order valence-electron chi connectivity index (χ3n) is 9.00. The highest BCUT2D eigenvalue weighted by molar-refractivity contribution is 6.01. The zero-order valence-corrected chi connectivity index (χ0v) is 24.6. The van der Waals surface area contributed by atoms with Gasteiger partial charge in [-0.2, -0.15) is 0 Å². The number of piperazine rings is 1. The van der Waals surface area contributed by atoms with Crippen molar-refractivity contribution >= 4 is 11.6 Å². The Labute approximate surface area is 250 Å². The van der Waals surface area contributed by atoms with E-state index in [-0.39, 0.29) is 11.9 Å². The zero-order chi connectivity index (χ0) is 28.7. The Bertz CT molecular complexity index is 1450. The monoisotopic (exact) mass is 559 g/mol. The molecule has 0 bridgehead atoms. The van der Waals surface area contributed by atoms with Crippen molar-refractivity contribution in [2.45, 2.75) is 44.3 Å². The van der Waals surface area contributed by atoms with Gasteiger partial charge in [-0.15, -0.1) is 0 Å². The number of carbonyl (C=O) groups is 1. The van der Waals surface area contributed by atoms with Crippen molar-refractivity contribution in [2.24, 2.45) is 0 Å². The summed E-state index contributed by atoms with van der Waals surface area (Å²) in [6.45, 7) is 4.48. The van der Waals surface area contributed by atoms with Crippen LogP contribution in [0.1, 0.15) is 41.6 Å². The summed E-state index contributed by atoms with van der Waals surface area (Å²) in [4.78, 5) is 22.0. The first-order valence-electron chi connectivity index (χ1n) is 15.3. The maximum Gasteiger partial charge on any atom is 0.255 e. The lowest BCUT2D eigenvalue weighted by Crippen LogP contribution is -2.59. The highest BCUT2D eigenvalue weighted by Gasteiger charge is 2.38. The number of rotatable bonds is 8. The molecule has 1 saturated carbocycles. The summed E-state index contributed by atoms with van der Waals surface area (Å²) in [7, 11) is 1.75. The molecule has 216 valence electrons. The van der Waals surface area contributed by atoms with Crippen LogP contribution in [0, 0.1) is 0 Å². The van der Waals surface area contributed by atoms with Crippen LogP contribution in [0.2, 0.25) is 0 Å². The van der Waals surface area contributed by atoms with Crippen molar-refractivity contribution in [1.82, 2.24) is 9.80 Å². The Morgan fingerprint density at radius 2 is 1.40 bits per heavy atom. The maximum atomic E-state index is 14.7. The SMILES string of the molecule is COc1ccccc1N1CCN(C2CCCCC2N(Cc2ccccc2)C(=O)c2ccccc2-c2ccccc2)CC1.